The van der Waals surface area contributed by atoms with Crippen LogP contribution in [0, 0.1) is 0 Å². The van der Waals surface area contributed by atoms with Crippen LogP contribution in [0.2, 0.25) is 0 Å². The molecule has 0 heterocycles. The first-order chi connectivity index (χ1) is 9.61. The fraction of sp³-hybridized carbons (Fsp3) is 0.200. The number of carbonyl (C=O) groups is 2. The Balaban J connectivity index is 2.17. The number of hydroxylamine groups is 2. The van der Waals surface area contributed by atoms with E-state index < -0.39 is 5.91 Å². The molecule has 1 unspecified atom stereocenters. The highest BCUT2D eigenvalue weighted by molar-refractivity contribution is 5.87. The van der Waals surface area contributed by atoms with Gasteiger partial charge in [-0.3, -0.25) is 14.8 Å². The summed E-state index contributed by atoms with van der Waals surface area (Å²) in [6.45, 7) is 1.49. The van der Waals surface area contributed by atoms with Crippen molar-refractivity contribution in [3.63, 3.8) is 0 Å². The van der Waals surface area contributed by atoms with Crippen molar-refractivity contribution in [2.24, 2.45) is 0 Å². The van der Waals surface area contributed by atoms with Gasteiger partial charge in [0.25, 0.3) is 0 Å². The topological polar surface area (TPSA) is 69.6 Å². The molecule has 0 aliphatic rings. The van der Waals surface area contributed by atoms with Gasteiger partial charge in [0, 0.05) is 0 Å². The number of hydrogen-bond acceptors (Lipinski definition) is 3. The maximum Gasteiger partial charge on any atom is 0.242 e. The maximum absolute atomic E-state index is 11.7. The second-order valence-corrected chi connectivity index (χ2v) is 4.56. The Bertz CT molecular complexity index is 622. The largest absolute Gasteiger partial charge is 0.348 e. The van der Waals surface area contributed by atoms with Crippen LogP contribution in [-0.2, 0) is 9.59 Å². The van der Waals surface area contributed by atoms with Crippen LogP contribution >= 0.6 is 0 Å². The molecule has 1 atom stereocenters. The average Bonchev–Trinajstić information content (AvgIpc) is 2.46. The minimum atomic E-state index is -0.417. The summed E-state index contributed by atoms with van der Waals surface area (Å²) in [5, 5.41) is 14.2. The van der Waals surface area contributed by atoms with Crippen LogP contribution in [0.3, 0.4) is 0 Å². The van der Waals surface area contributed by atoms with Crippen molar-refractivity contribution < 1.29 is 14.8 Å². The number of rotatable bonds is 5. The van der Waals surface area contributed by atoms with Crippen LogP contribution in [0.25, 0.3) is 10.8 Å². The van der Waals surface area contributed by atoms with E-state index in [1.165, 1.54) is 0 Å². The summed E-state index contributed by atoms with van der Waals surface area (Å²) in [5.74, 6) is -0.417. The highest BCUT2D eigenvalue weighted by Crippen LogP contribution is 2.23. The molecule has 0 saturated carbocycles. The van der Waals surface area contributed by atoms with Gasteiger partial charge in [0.05, 0.1) is 6.04 Å². The van der Waals surface area contributed by atoms with Crippen molar-refractivity contribution >= 4 is 23.1 Å². The molecule has 2 amide bonds. The van der Waals surface area contributed by atoms with E-state index in [0.29, 0.717) is 5.06 Å². The van der Waals surface area contributed by atoms with E-state index in [2.05, 4.69) is 5.32 Å². The molecule has 2 aromatic carbocycles. The zero-order valence-electron chi connectivity index (χ0n) is 11.1. The summed E-state index contributed by atoms with van der Waals surface area (Å²) in [4.78, 5) is 21.9. The molecule has 2 aromatic rings. The quantitative estimate of drug-likeness (QED) is 0.496. The summed E-state index contributed by atoms with van der Waals surface area (Å²) in [7, 11) is 0. The lowest BCUT2D eigenvalue weighted by Gasteiger charge is -2.17. The van der Waals surface area contributed by atoms with Crippen molar-refractivity contribution in [2.75, 3.05) is 6.54 Å². The summed E-state index contributed by atoms with van der Waals surface area (Å²) in [6.07, 6.45) is 0.197. The van der Waals surface area contributed by atoms with Crippen molar-refractivity contribution in [1.82, 2.24) is 10.4 Å². The van der Waals surface area contributed by atoms with Crippen LogP contribution in [0.5, 0.6) is 0 Å². The van der Waals surface area contributed by atoms with Crippen molar-refractivity contribution in [1.29, 1.82) is 0 Å². The molecule has 0 fully saturated rings. The Morgan fingerprint density at radius 2 is 2.00 bits per heavy atom. The molecule has 104 valence electrons. The lowest BCUT2D eigenvalue weighted by molar-refractivity contribution is -0.155. The summed E-state index contributed by atoms with van der Waals surface area (Å²) in [5.41, 5.74) is 0.993. The lowest BCUT2D eigenvalue weighted by Crippen LogP contribution is -2.36. The number of nitrogens with one attached hydrogen (secondary N) is 1. The van der Waals surface area contributed by atoms with Crippen LogP contribution in [0.15, 0.2) is 42.5 Å². The maximum atomic E-state index is 11.7. The number of fused-ring (bicyclic) bond motifs is 1. The Morgan fingerprint density at radius 3 is 2.75 bits per heavy atom. The molecule has 0 radical (unpaired) electrons. The van der Waals surface area contributed by atoms with Gasteiger partial charge in [-0.2, -0.15) is 0 Å². The molecule has 0 aliphatic carbocycles. The zero-order valence-corrected chi connectivity index (χ0v) is 11.1. The van der Waals surface area contributed by atoms with Crippen molar-refractivity contribution in [2.45, 2.75) is 13.0 Å². The first kappa shape index (κ1) is 14.0. The Kier molecular flexibility index (Phi) is 4.32. The van der Waals surface area contributed by atoms with Crippen molar-refractivity contribution in [3.8, 4) is 0 Å². The van der Waals surface area contributed by atoms with E-state index >= 15 is 0 Å². The molecule has 0 bridgehead atoms. The number of hydrogen-bond donors (Lipinski definition) is 2. The number of benzene rings is 2. The number of carbonyl (C=O) groups excluding carboxylic acids is 2. The van der Waals surface area contributed by atoms with Crippen LogP contribution < -0.4 is 5.32 Å². The minimum Gasteiger partial charge on any atom is -0.348 e. The normalized spacial score (nSPS) is 11.9. The number of amides is 2. The smallest absolute Gasteiger partial charge is 0.242 e. The van der Waals surface area contributed by atoms with E-state index in [1.54, 1.807) is 0 Å². The van der Waals surface area contributed by atoms with E-state index in [1.807, 2.05) is 49.4 Å². The molecular weight excluding hydrogens is 256 g/mol. The second kappa shape index (κ2) is 6.16. The monoisotopic (exact) mass is 272 g/mol. The van der Waals surface area contributed by atoms with E-state index in [4.69, 9.17) is 5.21 Å². The predicted molar refractivity (Wildman–Crippen MR) is 75.1 cm³/mol. The summed E-state index contributed by atoms with van der Waals surface area (Å²) in [6, 6.07) is 13.6. The Morgan fingerprint density at radius 1 is 1.30 bits per heavy atom. The Hall–Kier alpha value is -2.40. The molecule has 0 spiro atoms. The third-order valence-electron chi connectivity index (χ3n) is 3.09. The van der Waals surface area contributed by atoms with Gasteiger partial charge in [0.2, 0.25) is 12.3 Å². The fourth-order valence-electron chi connectivity index (χ4n) is 2.18. The lowest BCUT2D eigenvalue weighted by atomic mass is 10.00. The predicted octanol–water partition coefficient (Wildman–Crippen LogP) is 1.86. The first-order valence-electron chi connectivity index (χ1n) is 6.29. The van der Waals surface area contributed by atoms with Crippen LogP contribution in [-0.4, -0.2) is 29.1 Å². The minimum absolute atomic E-state index is 0.197. The molecule has 20 heavy (non-hydrogen) atoms. The second-order valence-electron chi connectivity index (χ2n) is 4.56. The molecule has 0 saturated heterocycles. The van der Waals surface area contributed by atoms with E-state index in [9.17, 15) is 9.59 Å². The van der Waals surface area contributed by atoms with Crippen LogP contribution in [0.4, 0.5) is 0 Å². The SMILES string of the molecule is CC(NC(=O)CN(O)C=O)c1cccc2ccccc12. The van der Waals surface area contributed by atoms with Gasteiger partial charge in [-0.05, 0) is 23.3 Å². The van der Waals surface area contributed by atoms with Gasteiger partial charge in [-0.15, -0.1) is 0 Å². The zero-order chi connectivity index (χ0) is 14.5. The molecule has 5 heteroatoms. The van der Waals surface area contributed by atoms with Gasteiger partial charge < -0.3 is 5.32 Å². The Labute approximate surface area is 116 Å². The average molecular weight is 272 g/mol. The van der Waals surface area contributed by atoms with E-state index in [-0.39, 0.29) is 19.0 Å². The fourth-order valence-corrected chi connectivity index (χ4v) is 2.18. The highest BCUT2D eigenvalue weighted by atomic mass is 16.5. The number of nitrogens with zero attached hydrogens (tertiary/aromatic N) is 1. The highest BCUT2D eigenvalue weighted by Gasteiger charge is 2.13. The summed E-state index contributed by atoms with van der Waals surface area (Å²) < 4.78 is 0. The van der Waals surface area contributed by atoms with Gasteiger partial charge in [0.1, 0.15) is 6.54 Å². The third kappa shape index (κ3) is 3.13. The standard InChI is InChI=1S/C15H16N2O3/c1-11(16-15(19)9-17(20)10-18)13-8-4-6-12-5-2-3-7-14(12)13/h2-8,10-11,20H,9H2,1H3,(H,16,19). The van der Waals surface area contributed by atoms with Crippen LogP contribution in [0.1, 0.15) is 18.5 Å². The van der Waals surface area contributed by atoms with Gasteiger partial charge in [0.15, 0.2) is 0 Å². The molecule has 0 aliphatic heterocycles. The first-order valence-corrected chi connectivity index (χ1v) is 6.29. The van der Waals surface area contributed by atoms with Gasteiger partial charge in [-0.1, -0.05) is 42.5 Å². The molecule has 5 nitrogen and oxygen atoms in total. The molecule has 0 aromatic heterocycles. The van der Waals surface area contributed by atoms with Crippen molar-refractivity contribution in [3.05, 3.63) is 48.0 Å². The summed E-state index contributed by atoms with van der Waals surface area (Å²) >= 11 is 0. The van der Waals surface area contributed by atoms with E-state index in [0.717, 1.165) is 16.3 Å². The van der Waals surface area contributed by atoms with Gasteiger partial charge in [-0.25, -0.2) is 5.06 Å². The molecule has 2 rings (SSSR count). The molecular formula is C15H16N2O3. The third-order valence-corrected chi connectivity index (χ3v) is 3.09. The van der Waals surface area contributed by atoms with Gasteiger partial charge >= 0.3 is 0 Å². The molecule has 2 N–H and O–H groups in total.